The van der Waals surface area contributed by atoms with E-state index in [2.05, 4.69) is 10.3 Å². The van der Waals surface area contributed by atoms with Gasteiger partial charge in [0.1, 0.15) is 11.5 Å². The van der Waals surface area contributed by atoms with Crippen LogP contribution in [0.15, 0.2) is 18.2 Å². The lowest BCUT2D eigenvalue weighted by Gasteiger charge is -2.31. The van der Waals surface area contributed by atoms with Gasteiger partial charge in [0.25, 0.3) is 0 Å². The van der Waals surface area contributed by atoms with E-state index in [1.165, 1.54) is 12.1 Å². The van der Waals surface area contributed by atoms with Crippen LogP contribution in [0.2, 0.25) is 0 Å². The number of rotatable bonds is 4. The quantitative estimate of drug-likeness (QED) is 0.824. The standard InChI is InChI=1S/C13H18ClF3N2/c1-12(2,3)9(7-8-14)18-11-6-4-5-10(19-11)13(15,16)17/h4-6,9H,7-8H2,1-3H3,(H,18,19). The van der Waals surface area contributed by atoms with Gasteiger partial charge in [0.2, 0.25) is 0 Å². The average Bonchev–Trinajstić information content (AvgIpc) is 2.26. The number of aromatic nitrogens is 1. The topological polar surface area (TPSA) is 24.9 Å². The van der Waals surface area contributed by atoms with Crippen LogP contribution in [-0.2, 0) is 6.18 Å². The third-order valence-electron chi connectivity index (χ3n) is 2.80. The SMILES string of the molecule is CC(C)(C)C(CCCl)Nc1cccc(C(F)(F)F)n1. The van der Waals surface area contributed by atoms with E-state index in [0.29, 0.717) is 12.3 Å². The Hall–Kier alpha value is -0.970. The van der Waals surface area contributed by atoms with E-state index < -0.39 is 11.9 Å². The molecule has 0 aliphatic carbocycles. The monoisotopic (exact) mass is 294 g/mol. The summed E-state index contributed by atoms with van der Waals surface area (Å²) in [7, 11) is 0. The molecule has 0 aliphatic heterocycles. The molecule has 0 spiro atoms. The number of alkyl halides is 4. The molecule has 0 saturated heterocycles. The molecule has 1 rings (SSSR count). The maximum Gasteiger partial charge on any atom is 0.433 e. The molecule has 108 valence electrons. The molecule has 0 saturated carbocycles. The first kappa shape index (κ1) is 16.1. The molecule has 0 radical (unpaired) electrons. The Morgan fingerprint density at radius 2 is 1.89 bits per heavy atom. The Bertz CT molecular complexity index is 413. The van der Waals surface area contributed by atoms with Crippen LogP contribution in [-0.4, -0.2) is 16.9 Å². The van der Waals surface area contributed by atoms with Crippen molar-refractivity contribution in [2.45, 2.75) is 39.4 Å². The molecule has 1 heterocycles. The van der Waals surface area contributed by atoms with Gasteiger partial charge in [0.05, 0.1) is 0 Å². The molecule has 0 fully saturated rings. The highest BCUT2D eigenvalue weighted by Gasteiger charge is 2.33. The first-order valence-electron chi connectivity index (χ1n) is 6.01. The van der Waals surface area contributed by atoms with Crippen LogP contribution in [0.4, 0.5) is 19.0 Å². The smallest absolute Gasteiger partial charge is 0.367 e. The third-order valence-corrected chi connectivity index (χ3v) is 3.02. The van der Waals surface area contributed by atoms with Crippen molar-refractivity contribution in [3.05, 3.63) is 23.9 Å². The van der Waals surface area contributed by atoms with Crippen LogP contribution in [0.25, 0.3) is 0 Å². The van der Waals surface area contributed by atoms with E-state index in [9.17, 15) is 13.2 Å². The van der Waals surface area contributed by atoms with E-state index in [0.717, 1.165) is 6.07 Å². The zero-order chi connectivity index (χ0) is 14.7. The van der Waals surface area contributed by atoms with Crippen molar-refractivity contribution in [1.29, 1.82) is 0 Å². The van der Waals surface area contributed by atoms with Crippen molar-refractivity contribution >= 4 is 17.4 Å². The van der Waals surface area contributed by atoms with Crippen LogP contribution in [0.5, 0.6) is 0 Å². The number of nitrogens with zero attached hydrogens (tertiary/aromatic N) is 1. The first-order chi connectivity index (χ1) is 8.64. The summed E-state index contributed by atoms with van der Waals surface area (Å²) in [4.78, 5) is 3.60. The largest absolute Gasteiger partial charge is 0.433 e. The van der Waals surface area contributed by atoms with Crippen molar-refractivity contribution in [1.82, 2.24) is 4.98 Å². The third kappa shape index (κ3) is 4.90. The van der Waals surface area contributed by atoms with Crippen LogP contribution in [0, 0.1) is 5.41 Å². The second-order valence-corrected chi connectivity index (χ2v) is 5.82. The molecule has 6 heteroatoms. The zero-order valence-electron chi connectivity index (χ0n) is 11.2. The molecule has 1 N–H and O–H groups in total. The van der Waals surface area contributed by atoms with Crippen LogP contribution < -0.4 is 5.32 Å². The van der Waals surface area contributed by atoms with Crippen molar-refractivity contribution in [3.63, 3.8) is 0 Å². The fraction of sp³-hybridized carbons (Fsp3) is 0.615. The Labute approximate surface area is 116 Å². The average molecular weight is 295 g/mol. The van der Waals surface area contributed by atoms with Crippen molar-refractivity contribution in [2.75, 3.05) is 11.2 Å². The highest BCUT2D eigenvalue weighted by molar-refractivity contribution is 6.17. The highest BCUT2D eigenvalue weighted by atomic mass is 35.5. The number of halogens is 4. The summed E-state index contributed by atoms with van der Waals surface area (Å²) in [5.74, 6) is 0.660. The Morgan fingerprint density at radius 1 is 1.26 bits per heavy atom. The molecular formula is C13H18ClF3N2. The summed E-state index contributed by atoms with van der Waals surface area (Å²) in [6.07, 6.45) is -3.77. The van der Waals surface area contributed by atoms with Crippen LogP contribution in [0.3, 0.4) is 0 Å². The van der Waals surface area contributed by atoms with Gasteiger partial charge in [-0.05, 0) is 24.0 Å². The van der Waals surface area contributed by atoms with E-state index >= 15 is 0 Å². The highest BCUT2D eigenvalue weighted by Crippen LogP contribution is 2.30. The van der Waals surface area contributed by atoms with Crippen molar-refractivity contribution in [2.24, 2.45) is 5.41 Å². The lowest BCUT2D eigenvalue weighted by atomic mass is 9.85. The van der Waals surface area contributed by atoms with Gasteiger partial charge in [-0.15, -0.1) is 11.6 Å². The van der Waals surface area contributed by atoms with Crippen molar-refractivity contribution in [3.8, 4) is 0 Å². The summed E-state index contributed by atoms with van der Waals surface area (Å²) >= 11 is 5.73. The van der Waals surface area contributed by atoms with Gasteiger partial charge in [-0.25, -0.2) is 4.98 Å². The minimum Gasteiger partial charge on any atom is -0.367 e. The summed E-state index contributed by atoms with van der Waals surface area (Å²) < 4.78 is 37.7. The molecule has 0 aromatic carbocycles. The number of nitrogens with one attached hydrogen (secondary N) is 1. The molecule has 0 bridgehead atoms. The molecule has 1 atom stereocenters. The lowest BCUT2D eigenvalue weighted by Crippen LogP contribution is -2.34. The normalized spacial score (nSPS) is 14.3. The molecule has 2 nitrogen and oxygen atoms in total. The second-order valence-electron chi connectivity index (χ2n) is 5.45. The summed E-state index contributed by atoms with van der Waals surface area (Å²) in [6, 6.07) is 3.79. The Morgan fingerprint density at radius 3 is 2.37 bits per heavy atom. The van der Waals surface area contributed by atoms with Crippen molar-refractivity contribution < 1.29 is 13.2 Å². The molecular weight excluding hydrogens is 277 g/mol. The fourth-order valence-electron chi connectivity index (χ4n) is 1.68. The molecule has 1 aromatic heterocycles. The molecule has 1 aromatic rings. The van der Waals surface area contributed by atoms with E-state index in [1.807, 2.05) is 20.8 Å². The van der Waals surface area contributed by atoms with Gasteiger partial charge in [0, 0.05) is 11.9 Å². The predicted octanol–water partition coefficient (Wildman–Crippen LogP) is 4.56. The number of anilines is 1. The van der Waals surface area contributed by atoms with E-state index in [-0.39, 0.29) is 17.3 Å². The summed E-state index contributed by atoms with van der Waals surface area (Å²) in [6.45, 7) is 6.01. The van der Waals surface area contributed by atoms with Gasteiger partial charge < -0.3 is 5.32 Å². The van der Waals surface area contributed by atoms with Gasteiger partial charge in [0.15, 0.2) is 0 Å². The minimum atomic E-state index is -4.43. The van der Waals surface area contributed by atoms with E-state index in [1.54, 1.807) is 0 Å². The summed E-state index contributed by atoms with van der Waals surface area (Å²) in [5.41, 5.74) is -1.01. The van der Waals surface area contributed by atoms with Gasteiger partial charge in [-0.3, -0.25) is 0 Å². The molecule has 19 heavy (non-hydrogen) atoms. The van der Waals surface area contributed by atoms with Crippen LogP contribution >= 0.6 is 11.6 Å². The minimum absolute atomic E-state index is 0.0408. The lowest BCUT2D eigenvalue weighted by molar-refractivity contribution is -0.141. The number of hydrogen-bond acceptors (Lipinski definition) is 2. The maximum absolute atomic E-state index is 12.6. The Kier molecular flexibility index (Phi) is 5.07. The maximum atomic E-state index is 12.6. The number of pyridine rings is 1. The second kappa shape index (κ2) is 5.99. The van der Waals surface area contributed by atoms with Gasteiger partial charge >= 0.3 is 6.18 Å². The first-order valence-corrected chi connectivity index (χ1v) is 6.55. The summed E-state index contributed by atoms with van der Waals surface area (Å²) in [5, 5.41) is 3.04. The van der Waals surface area contributed by atoms with Gasteiger partial charge in [-0.2, -0.15) is 13.2 Å². The van der Waals surface area contributed by atoms with Gasteiger partial charge in [-0.1, -0.05) is 26.8 Å². The van der Waals surface area contributed by atoms with E-state index in [4.69, 9.17) is 11.6 Å². The number of hydrogen-bond donors (Lipinski definition) is 1. The Balaban J connectivity index is 2.91. The molecule has 0 amide bonds. The molecule has 1 unspecified atom stereocenters. The zero-order valence-corrected chi connectivity index (χ0v) is 11.9. The molecule has 0 aliphatic rings. The predicted molar refractivity (Wildman–Crippen MR) is 71.4 cm³/mol. The van der Waals surface area contributed by atoms with Crippen LogP contribution in [0.1, 0.15) is 32.9 Å². The fourth-order valence-corrected chi connectivity index (χ4v) is 1.90.